The number of benzene rings is 2. The van der Waals surface area contributed by atoms with Gasteiger partial charge in [-0.15, -0.1) is 0 Å². The minimum atomic E-state index is -0.530. The Morgan fingerprint density at radius 1 is 1.18 bits per heavy atom. The first kappa shape index (κ1) is 18.5. The van der Waals surface area contributed by atoms with Crippen LogP contribution in [-0.4, -0.2) is 41.8 Å². The molecule has 2 aliphatic rings. The van der Waals surface area contributed by atoms with Gasteiger partial charge in [-0.25, -0.2) is 0 Å². The van der Waals surface area contributed by atoms with Crippen LogP contribution in [-0.2, 0) is 9.59 Å². The third kappa shape index (κ3) is 3.73. The second-order valence-electron chi connectivity index (χ2n) is 6.70. The summed E-state index contributed by atoms with van der Waals surface area (Å²) in [5.41, 5.74) is 1.61. The Kier molecular flexibility index (Phi) is 5.04. The van der Waals surface area contributed by atoms with Gasteiger partial charge in [0.25, 0.3) is 11.8 Å². The number of ether oxygens (including phenoxy) is 1. The number of nitrogens with one attached hydrogen (secondary N) is 2. The van der Waals surface area contributed by atoms with Gasteiger partial charge in [0.1, 0.15) is 11.8 Å². The molecule has 2 aliphatic heterocycles. The van der Waals surface area contributed by atoms with Crippen LogP contribution < -0.4 is 15.4 Å². The highest BCUT2D eigenvalue weighted by Crippen LogP contribution is 2.31. The van der Waals surface area contributed by atoms with Gasteiger partial charge in [-0.3, -0.25) is 14.4 Å². The molecule has 144 valence electrons. The normalized spacial score (nSPS) is 18.1. The van der Waals surface area contributed by atoms with E-state index in [0.717, 1.165) is 10.9 Å². The van der Waals surface area contributed by atoms with Crippen molar-refractivity contribution >= 4 is 45.0 Å². The average molecular weight is 444 g/mol. The van der Waals surface area contributed by atoms with Gasteiger partial charge >= 0.3 is 0 Å². The number of nitrogens with zero attached hydrogens (tertiary/aromatic N) is 1. The summed E-state index contributed by atoms with van der Waals surface area (Å²) in [4.78, 5) is 38.7. The van der Waals surface area contributed by atoms with Gasteiger partial charge in [-0.05, 0) is 55.3 Å². The summed E-state index contributed by atoms with van der Waals surface area (Å²) in [5.74, 6) is -0.0780. The first-order chi connectivity index (χ1) is 13.5. The summed E-state index contributed by atoms with van der Waals surface area (Å²) in [6.07, 6.45) is 1.38. The first-order valence-corrected chi connectivity index (χ1v) is 9.75. The highest BCUT2D eigenvalue weighted by molar-refractivity contribution is 9.10. The third-order valence-corrected chi connectivity index (χ3v) is 5.32. The number of anilines is 2. The van der Waals surface area contributed by atoms with Crippen LogP contribution in [0.3, 0.4) is 0 Å². The van der Waals surface area contributed by atoms with Gasteiger partial charge in [0.05, 0.1) is 5.69 Å². The summed E-state index contributed by atoms with van der Waals surface area (Å²) >= 11 is 3.36. The van der Waals surface area contributed by atoms with Gasteiger partial charge in [0, 0.05) is 22.3 Å². The highest BCUT2D eigenvalue weighted by atomic mass is 79.9. The number of carbonyl (C=O) groups excluding carboxylic acids is 3. The molecule has 0 saturated carbocycles. The van der Waals surface area contributed by atoms with Crippen LogP contribution in [0, 0.1) is 0 Å². The van der Waals surface area contributed by atoms with Gasteiger partial charge in [0.2, 0.25) is 5.91 Å². The molecule has 2 aromatic carbocycles. The summed E-state index contributed by atoms with van der Waals surface area (Å²) < 4.78 is 6.21. The molecule has 7 nitrogen and oxygen atoms in total. The van der Waals surface area contributed by atoms with Crippen LogP contribution in [0.2, 0.25) is 0 Å². The van der Waals surface area contributed by atoms with Crippen LogP contribution in [0.25, 0.3) is 0 Å². The molecule has 2 N–H and O–H groups in total. The standard InChI is InChI=1S/C20H18BrN3O4/c21-13-5-3-12(4-6-13)20(27)24-9-1-2-16(24)19(26)22-14-7-8-17-15(10-14)23-18(25)11-28-17/h3-8,10,16H,1-2,9,11H2,(H,22,26)(H,23,25). The van der Waals surface area contributed by atoms with E-state index >= 15 is 0 Å². The van der Waals surface area contributed by atoms with Crippen molar-refractivity contribution in [2.24, 2.45) is 0 Å². The van der Waals surface area contributed by atoms with Crippen molar-refractivity contribution in [1.29, 1.82) is 0 Å². The molecule has 0 aromatic heterocycles. The number of halogens is 1. The third-order valence-electron chi connectivity index (χ3n) is 4.79. The van der Waals surface area contributed by atoms with Crippen molar-refractivity contribution in [2.75, 3.05) is 23.8 Å². The Balaban J connectivity index is 1.48. The number of likely N-dealkylation sites (tertiary alicyclic amines) is 1. The Hall–Kier alpha value is -2.87. The molecule has 2 heterocycles. The molecule has 1 fully saturated rings. The van der Waals surface area contributed by atoms with Crippen molar-refractivity contribution in [3.05, 3.63) is 52.5 Å². The lowest BCUT2D eigenvalue weighted by Crippen LogP contribution is -2.43. The molecule has 0 bridgehead atoms. The molecular weight excluding hydrogens is 426 g/mol. The van der Waals surface area contributed by atoms with Crippen LogP contribution in [0.1, 0.15) is 23.2 Å². The van der Waals surface area contributed by atoms with E-state index in [2.05, 4.69) is 26.6 Å². The van der Waals surface area contributed by atoms with Crippen molar-refractivity contribution in [1.82, 2.24) is 4.90 Å². The van der Waals surface area contributed by atoms with Crippen molar-refractivity contribution < 1.29 is 19.1 Å². The Labute approximate surface area is 170 Å². The maximum absolute atomic E-state index is 12.8. The zero-order chi connectivity index (χ0) is 19.7. The Bertz CT molecular complexity index is 945. The maximum atomic E-state index is 12.8. The lowest BCUT2D eigenvalue weighted by molar-refractivity contribution is -0.120. The number of hydrogen-bond donors (Lipinski definition) is 2. The fraction of sp³-hybridized carbons (Fsp3) is 0.250. The zero-order valence-electron chi connectivity index (χ0n) is 14.9. The molecule has 0 aliphatic carbocycles. The van der Waals surface area contributed by atoms with E-state index in [4.69, 9.17) is 4.74 Å². The van der Waals surface area contributed by atoms with E-state index in [0.29, 0.717) is 35.7 Å². The minimum absolute atomic E-state index is 0.0199. The molecule has 1 unspecified atom stereocenters. The van der Waals surface area contributed by atoms with Gasteiger partial charge in [-0.2, -0.15) is 0 Å². The SMILES string of the molecule is O=C1COc2ccc(NC(=O)C3CCCN3C(=O)c3ccc(Br)cc3)cc2N1. The van der Waals surface area contributed by atoms with Crippen LogP contribution in [0.5, 0.6) is 5.75 Å². The molecule has 3 amide bonds. The van der Waals surface area contributed by atoms with Crippen molar-refractivity contribution in [3.63, 3.8) is 0 Å². The molecule has 28 heavy (non-hydrogen) atoms. The summed E-state index contributed by atoms with van der Waals surface area (Å²) in [6.45, 7) is 0.523. The molecular formula is C20H18BrN3O4. The molecule has 0 radical (unpaired) electrons. The van der Waals surface area contributed by atoms with E-state index in [9.17, 15) is 14.4 Å². The number of carbonyl (C=O) groups is 3. The lowest BCUT2D eigenvalue weighted by atomic mass is 10.1. The minimum Gasteiger partial charge on any atom is -0.482 e. The molecule has 8 heteroatoms. The Morgan fingerprint density at radius 3 is 2.75 bits per heavy atom. The Morgan fingerprint density at radius 2 is 1.96 bits per heavy atom. The number of rotatable bonds is 3. The molecule has 0 spiro atoms. The van der Waals surface area contributed by atoms with E-state index in [-0.39, 0.29) is 24.3 Å². The van der Waals surface area contributed by atoms with E-state index < -0.39 is 6.04 Å². The molecule has 1 saturated heterocycles. The van der Waals surface area contributed by atoms with E-state index in [1.807, 2.05) is 12.1 Å². The average Bonchev–Trinajstić information content (AvgIpc) is 3.17. The summed E-state index contributed by atoms with van der Waals surface area (Å²) in [5, 5.41) is 5.56. The number of hydrogen-bond acceptors (Lipinski definition) is 4. The smallest absolute Gasteiger partial charge is 0.262 e. The van der Waals surface area contributed by atoms with Crippen molar-refractivity contribution in [3.8, 4) is 5.75 Å². The highest BCUT2D eigenvalue weighted by Gasteiger charge is 2.34. The van der Waals surface area contributed by atoms with Crippen LogP contribution in [0.15, 0.2) is 46.9 Å². The quantitative estimate of drug-likeness (QED) is 0.762. The van der Waals surface area contributed by atoms with Crippen LogP contribution in [0.4, 0.5) is 11.4 Å². The maximum Gasteiger partial charge on any atom is 0.262 e. The first-order valence-electron chi connectivity index (χ1n) is 8.95. The second kappa shape index (κ2) is 7.63. The fourth-order valence-corrected chi connectivity index (χ4v) is 3.69. The van der Waals surface area contributed by atoms with Gasteiger partial charge in [0.15, 0.2) is 6.61 Å². The van der Waals surface area contributed by atoms with E-state index in [1.165, 1.54) is 0 Å². The number of amides is 3. The molecule has 4 rings (SSSR count). The van der Waals surface area contributed by atoms with Gasteiger partial charge in [-0.1, -0.05) is 15.9 Å². The zero-order valence-corrected chi connectivity index (χ0v) is 16.5. The summed E-state index contributed by atoms with van der Waals surface area (Å²) in [6, 6.07) is 11.6. The molecule has 2 aromatic rings. The topological polar surface area (TPSA) is 87.7 Å². The predicted molar refractivity (Wildman–Crippen MR) is 107 cm³/mol. The van der Waals surface area contributed by atoms with Gasteiger partial charge < -0.3 is 20.3 Å². The predicted octanol–water partition coefficient (Wildman–Crippen LogP) is 3.02. The largest absolute Gasteiger partial charge is 0.482 e. The monoisotopic (exact) mass is 443 g/mol. The summed E-state index contributed by atoms with van der Waals surface area (Å²) in [7, 11) is 0. The van der Waals surface area contributed by atoms with E-state index in [1.54, 1.807) is 35.2 Å². The number of fused-ring (bicyclic) bond motifs is 1. The molecule has 1 atom stereocenters. The lowest BCUT2D eigenvalue weighted by Gasteiger charge is -2.24. The van der Waals surface area contributed by atoms with Crippen molar-refractivity contribution in [2.45, 2.75) is 18.9 Å². The second-order valence-corrected chi connectivity index (χ2v) is 7.62. The fourth-order valence-electron chi connectivity index (χ4n) is 3.43. The van der Waals surface area contributed by atoms with Crippen LogP contribution >= 0.6 is 15.9 Å².